The van der Waals surface area contributed by atoms with Crippen LogP contribution in [0.3, 0.4) is 0 Å². The van der Waals surface area contributed by atoms with Gasteiger partial charge in [-0.25, -0.2) is 0 Å². The topological polar surface area (TPSA) is 24.5 Å². The lowest BCUT2D eigenvalue weighted by molar-refractivity contribution is 0.0893. The third kappa shape index (κ3) is 4.35. The number of anilines is 1. The zero-order valence-corrected chi connectivity index (χ0v) is 14.1. The minimum absolute atomic E-state index is 0.291. The molecule has 1 aliphatic rings. The molecule has 21 heavy (non-hydrogen) atoms. The van der Waals surface area contributed by atoms with Crippen LogP contribution in [0, 0.1) is 0 Å². The highest BCUT2D eigenvalue weighted by Gasteiger charge is 2.20. The largest absolute Gasteiger partial charge is 0.380 e. The van der Waals surface area contributed by atoms with E-state index in [-0.39, 0.29) is 0 Å². The molecule has 2 unspecified atom stereocenters. The fourth-order valence-electron chi connectivity index (χ4n) is 2.90. The first kappa shape index (κ1) is 16.6. The summed E-state index contributed by atoms with van der Waals surface area (Å²) in [5.41, 5.74) is 2.38. The van der Waals surface area contributed by atoms with Crippen LogP contribution in [0.2, 0.25) is 5.02 Å². The molecule has 2 rings (SSSR count). The van der Waals surface area contributed by atoms with E-state index in [1.54, 1.807) is 7.11 Å². The standard InChI is InChI=1S/C17H27ClN2O/c1-4-9-19-13(2)16-8-7-14(11-17(16)18)20-10-5-6-15(12-20)21-3/h7-8,11,13,15,19H,4-6,9-10,12H2,1-3H3. The maximum Gasteiger partial charge on any atom is 0.0746 e. The number of hydrogen-bond donors (Lipinski definition) is 1. The molecule has 118 valence electrons. The molecule has 1 saturated heterocycles. The number of nitrogens with zero attached hydrogens (tertiary/aromatic N) is 1. The third-order valence-electron chi connectivity index (χ3n) is 4.23. The van der Waals surface area contributed by atoms with Crippen LogP contribution in [0.25, 0.3) is 0 Å². The Morgan fingerprint density at radius 3 is 2.95 bits per heavy atom. The first-order valence-electron chi connectivity index (χ1n) is 7.96. The van der Waals surface area contributed by atoms with Gasteiger partial charge in [0.25, 0.3) is 0 Å². The molecule has 0 aromatic heterocycles. The molecule has 1 heterocycles. The zero-order valence-electron chi connectivity index (χ0n) is 13.4. The van der Waals surface area contributed by atoms with Gasteiger partial charge in [0.05, 0.1) is 6.10 Å². The van der Waals surface area contributed by atoms with Crippen molar-refractivity contribution in [1.82, 2.24) is 5.32 Å². The average molecular weight is 311 g/mol. The molecule has 1 aliphatic heterocycles. The highest BCUT2D eigenvalue weighted by Crippen LogP contribution is 2.29. The van der Waals surface area contributed by atoms with Crippen molar-refractivity contribution >= 4 is 17.3 Å². The predicted molar refractivity (Wildman–Crippen MR) is 90.4 cm³/mol. The second kappa shape index (κ2) is 8.02. The number of benzene rings is 1. The smallest absolute Gasteiger partial charge is 0.0746 e. The Labute approximate surface area is 133 Å². The van der Waals surface area contributed by atoms with E-state index >= 15 is 0 Å². The molecule has 1 aromatic carbocycles. The van der Waals surface area contributed by atoms with Crippen molar-refractivity contribution in [3.05, 3.63) is 28.8 Å². The Bertz CT molecular complexity index is 452. The fourth-order valence-corrected chi connectivity index (χ4v) is 3.24. The molecule has 1 aromatic rings. The summed E-state index contributed by atoms with van der Waals surface area (Å²) >= 11 is 6.49. The van der Waals surface area contributed by atoms with Crippen LogP contribution < -0.4 is 10.2 Å². The molecular weight excluding hydrogens is 284 g/mol. The SMILES string of the molecule is CCCNC(C)c1ccc(N2CCCC(OC)C2)cc1Cl. The van der Waals surface area contributed by atoms with Crippen LogP contribution >= 0.6 is 11.6 Å². The first-order chi connectivity index (χ1) is 10.2. The van der Waals surface area contributed by atoms with Gasteiger partial charge in [0.1, 0.15) is 0 Å². The first-order valence-corrected chi connectivity index (χ1v) is 8.34. The van der Waals surface area contributed by atoms with Crippen molar-refractivity contribution in [1.29, 1.82) is 0 Å². The van der Waals surface area contributed by atoms with E-state index in [0.29, 0.717) is 12.1 Å². The molecule has 0 spiro atoms. The van der Waals surface area contributed by atoms with E-state index in [0.717, 1.165) is 37.5 Å². The lowest BCUT2D eigenvalue weighted by atomic mass is 10.0. The Morgan fingerprint density at radius 2 is 2.29 bits per heavy atom. The zero-order chi connectivity index (χ0) is 15.2. The summed E-state index contributed by atoms with van der Waals surface area (Å²) < 4.78 is 5.49. The maximum atomic E-state index is 6.49. The van der Waals surface area contributed by atoms with E-state index in [4.69, 9.17) is 16.3 Å². The molecule has 1 fully saturated rings. The summed E-state index contributed by atoms with van der Waals surface area (Å²) in [6, 6.07) is 6.73. The van der Waals surface area contributed by atoms with Gasteiger partial charge in [0.15, 0.2) is 0 Å². The fraction of sp³-hybridized carbons (Fsp3) is 0.647. The van der Waals surface area contributed by atoms with Gasteiger partial charge in [0, 0.05) is 37.0 Å². The molecule has 0 amide bonds. The number of ether oxygens (including phenoxy) is 1. The van der Waals surface area contributed by atoms with Crippen LogP contribution in [-0.4, -0.2) is 32.8 Å². The Kier molecular flexibility index (Phi) is 6.34. The van der Waals surface area contributed by atoms with Crippen molar-refractivity contribution in [2.45, 2.75) is 45.3 Å². The van der Waals surface area contributed by atoms with E-state index < -0.39 is 0 Å². The van der Waals surface area contributed by atoms with Gasteiger partial charge in [-0.3, -0.25) is 0 Å². The highest BCUT2D eigenvalue weighted by atomic mass is 35.5. The van der Waals surface area contributed by atoms with Gasteiger partial charge in [-0.1, -0.05) is 24.6 Å². The van der Waals surface area contributed by atoms with Crippen molar-refractivity contribution in [2.24, 2.45) is 0 Å². The highest BCUT2D eigenvalue weighted by molar-refractivity contribution is 6.31. The molecule has 3 nitrogen and oxygen atoms in total. The van der Waals surface area contributed by atoms with Gasteiger partial charge in [0.2, 0.25) is 0 Å². The second-order valence-electron chi connectivity index (χ2n) is 5.83. The van der Waals surface area contributed by atoms with E-state index in [1.165, 1.54) is 17.7 Å². The van der Waals surface area contributed by atoms with Crippen LogP contribution in [0.5, 0.6) is 0 Å². The Balaban J connectivity index is 2.07. The van der Waals surface area contributed by atoms with Crippen LogP contribution in [0.15, 0.2) is 18.2 Å². The van der Waals surface area contributed by atoms with Crippen molar-refractivity contribution in [2.75, 3.05) is 31.6 Å². The lowest BCUT2D eigenvalue weighted by Crippen LogP contribution is -2.39. The number of methoxy groups -OCH3 is 1. The lowest BCUT2D eigenvalue weighted by Gasteiger charge is -2.34. The summed E-state index contributed by atoms with van der Waals surface area (Å²) in [5, 5.41) is 4.34. The Morgan fingerprint density at radius 1 is 1.48 bits per heavy atom. The predicted octanol–water partition coefficient (Wildman–Crippen LogP) is 4.02. The van der Waals surface area contributed by atoms with Gasteiger partial charge in [-0.2, -0.15) is 0 Å². The molecule has 0 saturated carbocycles. The second-order valence-corrected chi connectivity index (χ2v) is 6.23. The van der Waals surface area contributed by atoms with Gasteiger partial charge < -0.3 is 15.0 Å². The van der Waals surface area contributed by atoms with Gasteiger partial charge >= 0.3 is 0 Å². The van der Waals surface area contributed by atoms with Crippen molar-refractivity contribution in [3.63, 3.8) is 0 Å². The Hall–Kier alpha value is -0.770. The van der Waals surface area contributed by atoms with Crippen LogP contribution in [-0.2, 0) is 4.74 Å². The molecule has 2 atom stereocenters. The molecule has 1 N–H and O–H groups in total. The van der Waals surface area contributed by atoms with E-state index in [2.05, 4.69) is 42.3 Å². The van der Waals surface area contributed by atoms with Crippen molar-refractivity contribution < 1.29 is 4.74 Å². The molecular formula is C17H27ClN2O. The van der Waals surface area contributed by atoms with Crippen molar-refractivity contribution in [3.8, 4) is 0 Å². The number of piperidine rings is 1. The summed E-state index contributed by atoms with van der Waals surface area (Å²) in [7, 11) is 1.80. The molecule has 0 bridgehead atoms. The number of halogens is 1. The summed E-state index contributed by atoms with van der Waals surface area (Å²) in [6.07, 6.45) is 3.79. The van der Waals surface area contributed by atoms with Crippen LogP contribution in [0.1, 0.15) is 44.7 Å². The van der Waals surface area contributed by atoms with Gasteiger partial charge in [-0.05, 0) is 50.4 Å². The molecule has 0 aliphatic carbocycles. The summed E-state index contributed by atoms with van der Waals surface area (Å²) in [5.74, 6) is 0. The minimum atomic E-state index is 0.291. The molecule has 4 heteroatoms. The van der Waals surface area contributed by atoms with Gasteiger partial charge in [-0.15, -0.1) is 0 Å². The molecule has 0 radical (unpaired) electrons. The third-order valence-corrected chi connectivity index (χ3v) is 4.56. The maximum absolute atomic E-state index is 6.49. The minimum Gasteiger partial charge on any atom is -0.380 e. The van der Waals surface area contributed by atoms with Crippen LogP contribution in [0.4, 0.5) is 5.69 Å². The summed E-state index contributed by atoms with van der Waals surface area (Å²) in [4.78, 5) is 2.37. The number of rotatable bonds is 6. The van der Waals surface area contributed by atoms with E-state index in [1.807, 2.05) is 0 Å². The number of hydrogen-bond acceptors (Lipinski definition) is 3. The quantitative estimate of drug-likeness (QED) is 0.859. The van der Waals surface area contributed by atoms with E-state index in [9.17, 15) is 0 Å². The normalized spacial score (nSPS) is 20.6. The number of nitrogens with one attached hydrogen (secondary N) is 1. The monoisotopic (exact) mass is 310 g/mol. The summed E-state index contributed by atoms with van der Waals surface area (Å²) in [6.45, 7) is 7.39. The average Bonchev–Trinajstić information content (AvgIpc) is 2.52.